The minimum Gasteiger partial charge on any atom is -0.295 e. The predicted molar refractivity (Wildman–Crippen MR) is 139 cm³/mol. The number of fused-ring (bicyclic) bond motifs is 1. The van der Waals surface area contributed by atoms with Gasteiger partial charge < -0.3 is 0 Å². The second-order valence-corrected chi connectivity index (χ2v) is 11.7. The molecular weight excluding hydrogens is 388 g/mol. The Bertz CT molecular complexity index is 1200. The van der Waals surface area contributed by atoms with Crippen LogP contribution in [0.1, 0.15) is 66.5 Å². The number of rotatable bonds is 4. The summed E-state index contributed by atoms with van der Waals surface area (Å²) in [5.41, 5.74) is 10.7. The number of nitrogens with one attached hydrogen (secondary N) is 1. The number of hydrogen-bond acceptors (Lipinski definition) is 0. The van der Waals surface area contributed by atoms with Gasteiger partial charge in [-0.2, -0.15) is 0 Å². The van der Waals surface area contributed by atoms with Gasteiger partial charge in [0.1, 0.15) is 0 Å². The third kappa shape index (κ3) is 4.28. The fraction of sp³-hybridized carbons (Fsp3) is 0.400. The van der Waals surface area contributed by atoms with Crippen molar-refractivity contribution < 1.29 is 0 Å². The first-order valence-corrected chi connectivity index (χ1v) is 11.9. The van der Waals surface area contributed by atoms with Crippen molar-refractivity contribution in [3.63, 3.8) is 0 Å². The smallest absolute Gasteiger partial charge is 0.0906 e. The molecule has 3 aromatic carbocycles. The van der Waals surface area contributed by atoms with Crippen LogP contribution < -0.4 is 0 Å². The third-order valence-electron chi connectivity index (χ3n) is 6.37. The molecule has 0 aliphatic rings. The van der Waals surface area contributed by atoms with Crippen molar-refractivity contribution in [1.82, 2.24) is 9.78 Å². The van der Waals surface area contributed by atoms with E-state index in [2.05, 4.69) is 126 Å². The topological polar surface area (TPSA) is 20.7 Å². The number of hydrogen-bond donors (Lipinski definition) is 1. The zero-order valence-corrected chi connectivity index (χ0v) is 21.0. The van der Waals surface area contributed by atoms with Gasteiger partial charge in [-0.25, -0.2) is 0 Å². The first kappa shape index (κ1) is 22.5. The summed E-state index contributed by atoms with van der Waals surface area (Å²) >= 11 is 0. The maximum absolute atomic E-state index is 3.65. The quantitative estimate of drug-likeness (QED) is 0.337. The molecule has 0 amide bonds. The SMILES string of the molecule is CC(C)Cn1[nH]c2c(-c3ccc(C(C)(C)C)cc3)ccc(-c3ccc(C(C)(C)C)cc3)c21. The summed E-state index contributed by atoms with van der Waals surface area (Å²) < 4.78 is 2.32. The van der Waals surface area contributed by atoms with E-state index in [-0.39, 0.29) is 10.8 Å². The van der Waals surface area contributed by atoms with E-state index in [1.807, 2.05) is 0 Å². The van der Waals surface area contributed by atoms with Crippen LogP contribution in [-0.2, 0) is 17.4 Å². The molecule has 0 bridgehead atoms. The Labute approximate surface area is 193 Å². The van der Waals surface area contributed by atoms with E-state index in [4.69, 9.17) is 0 Å². The number of benzene rings is 3. The molecule has 32 heavy (non-hydrogen) atoms. The summed E-state index contributed by atoms with van der Waals surface area (Å²) in [5.74, 6) is 0.585. The number of H-pyrrole nitrogens is 1. The molecule has 0 aliphatic heterocycles. The molecule has 0 saturated carbocycles. The predicted octanol–water partition coefficient (Wildman–Crippen LogP) is 8.55. The van der Waals surface area contributed by atoms with E-state index in [0.717, 1.165) is 6.54 Å². The molecule has 2 heteroatoms. The molecule has 0 radical (unpaired) electrons. The maximum Gasteiger partial charge on any atom is 0.0906 e. The Hall–Kier alpha value is -2.74. The van der Waals surface area contributed by atoms with Crippen molar-refractivity contribution in [2.45, 2.75) is 72.8 Å². The fourth-order valence-electron chi connectivity index (χ4n) is 4.40. The molecular formula is C30H38N2. The third-order valence-corrected chi connectivity index (χ3v) is 6.37. The molecule has 4 aromatic rings. The lowest BCUT2D eigenvalue weighted by Gasteiger charge is -2.25. The molecule has 0 spiro atoms. The van der Waals surface area contributed by atoms with Crippen molar-refractivity contribution in [1.29, 1.82) is 0 Å². The Morgan fingerprint density at radius 1 is 0.656 bits per heavy atom. The molecule has 0 fully saturated rings. The highest BCUT2D eigenvalue weighted by molar-refractivity contribution is 6.02. The van der Waals surface area contributed by atoms with E-state index in [1.165, 1.54) is 44.4 Å². The van der Waals surface area contributed by atoms with Crippen LogP contribution in [0, 0.1) is 5.92 Å². The van der Waals surface area contributed by atoms with Gasteiger partial charge in [0.05, 0.1) is 11.0 Å². The first-order chi connectivity index (χ1) is 14.9. The Balaban J connectivity index is 1.80. The number of aromatic amines is 1. The molecule has 1 heterocycles. The molecule has 1 N–H and O–H groups in total. The van der Waals surface area contributed by atoms with E-state index >= 15 is 0 Å². The van der Waals surface area contributed by atoms with Crippen LogP contribution >= 0.6 is 0 Å². The van der Waals surface area contributed by atoms with Gasteiger partial charge in [-0.15, -0.1) is 0 Å². The molecule has 4 rings (SSSR count). The number of aromatic nitrogens is 2. The summed E-state index contributed by atoms with van der Waals surface area (Å²) in [7, 11) is 0. The van der Waals surface area contributed by atoms with Gasteiger partial charge in [-0.1, -0.05) is 116 Å². The average molecular weight is 427 g/mol. The largest absolute Gasteiger partial charge is 0.295 e. The molecule has 0 unspecified atom stereocenters. The maximum atomic E-state index is 3.65. The summed E-state index contributed by atoms with van der Waals surface area (Å²) in [6, 6.07) is 22.8. The van der Waals surface area contributed by atoms with Crippen molar-refractivity contribution in [3.05, 3.63) is 71.8 Å². The van der Waals surface area contributed by atoms with Crippen LogP contribution in [0.4, 0.5) is 0 Å². The Morgan fingerprint density at radius 3 is 1.53 bits per heavy atom. The summed E-state index contributed by atoms with van der Waals surface area (Å²) in [5, 5.41) is 3.65. The van der Waals surface area contributed by atoms with Crippen molar-refractivity contribution in [2.24, 2.45) is 5.92 Å². The zero-order valence-electron chi connectivity index (χ0n) is 21.0. The molecule has 0 saturated heterocycles. The van der Waals surface area contributed by atoms with Gasteiger partial charge in [0, 0.05) is 17.7 Å². The molecule has 0 aliphatic carbocycles. The van der Waals surface area contributed by atoms with Crippen LogP contribution in [0.3, 0.4) is 0 Å². The van der Waals surface area contributed by atoms with Crippen LogP contribution in [0.25, 0.3) is 33.3 Å². The Kier molecular flexibility index (Phi) is 5.61. The number of nitrogens with zero attached hydrogens (tertiary/aromatic N) is 1. The van der Waals surface area contributed by atoms with E-state index in [0.29, 0.717) is 5.92 Å². The van der Waals surface area contributed by atoms with Gasteiger partial charge in [0.15, 0.2) is 0 Å². The van der Waals surface area contributed by atoms with E-state index in [9.17, 15) is 0 Å². The van der Waals surface area contributed by atoms with Gasteiger partial charge in [-0.05, 0) is 39.0 Å². The van der Waals surface area contributed by atoms with Crippen LogP contribution in [0.5, 0.6) is 0 Å². The minimum atomic E-state index is 0.165. The van der Waals surface area contributed by atoms with Gasteiger partial charge in [0.25, 0.3) is 0 Å². The molecule has 2 nitrogen and oxygen atoms in total. The normalized spacial score (nSPS) is 12.8. The lowest BCUT2D eigenvalue weighted by Crippen LogP contribution is -2.16. The van der Waals surface area contributed by atoms with Crippen LogP contribution in [-0.4, -0.2) is 9.78 Å². The highest BCUT2D eigenvalue weighted by Gasteiger charge is 2.20. The van der Waals surface area contributed by atoms with Crippen LogP contribution in [0.2, 0.25) is 0 Å². The van der Waals surface area contributed by atoms with E-state index < -0.39 is 0 Å². The van der Waals surface area contributed by atoms with Crippen molar-refractivity contribution in [3.8, 4) is 22.3 Å². The second kappa shape index (κ2) is 7.99. The van der Waals surface area contributed by atoms with Gasteiger partial charge >= 0.3 is 0 Å². The molecule has 1 aromatic heterocycles. The van der Waals surface area contributed by atoms with Crippen molar-refractivity contribution in [2.75, 3.05) is 0 Å². The standard InChI is InChI=1S/C30H38N2/c1-20(2)19-32-28-26(22-11-15-24(16-12-22)30(6,7)8)18-17-25(27(28)31-32)21-9-13-23(14-10-21)29(3,4)5/h9-18,20,31H,19H2,1-8H3. The Morgan fingerprint density at radius 2 is 1.09 bits per heavy atom. The first-order valence-electron chi connectivity index (χ1n) is 11.9. The highest BCUT2D eigenvalue weighted by atomic mass is 15.3. The average Bonchev–Trinajstić information content (AvgIpc) is 2.70. The second-order valence-electron chi connectivity index (χ2n) is 11.7. The van der Waals surface area contributed by atoms with Crippen molar-refractivity contribution >= 4 is 11.0 Å². The highest BCUT2D eigenvalue weighted by Crippen LogP contribution is 2.38. The van der Waals surface area contributed by atoms with Gasteiger partial charge in [-0.3, -0.25) is 9.78 Å². The summed E-state index contributed by atoms with van der Waals surface area (Å²) in [6.45, 7) is 19.1. The molecule has 0 atom stereocenters. The summed E-state index contributed by atoms with van der Waals surface area (Å²) in [6.07, 6.45) is 0. The zero-order chi connectivity index (χ0) is 23.3. The monoisotopic (exact) mass is 426 g/mol. The van der Waals surface area contributed by atoms with E-state index in [1.54, 1.807) is 0 Å². The lowest BCUT2D eigenvalue weighted by molar-refractivity contribution is 0.485. The van der Waals surface area contributed by atoms with Gasteiger partial charge in [0.2, 0.25) is 0 Å². The van der Waals surface area contributed by atoms with Crippen LogP contribution in [0.15, 0.2) is 60.7 Å². The fourth-order valence-corrected chi connectivity index (χ4v) is 4.40. The molecule has 168 valence electrons. The minimum absolute atomic E-state index is 0.165. The lowest BCUT2D eigenvalue weighted by atomic mass is 9.85. The summed E-state index contributed by atoms with van der Waals surface area (Å²) in [4.78, 5) is 0.